The minimum absolute atomic E-state index is 0.197. The van der Waals surface area contributed by atoms with Gasteiger partial charge in [0.1, 0.15) is 0 Å². The highest BCUT2D eigenvalue weighted by Crippen LogP contribution is 2.24. The highest BCUT2D eigenvalue weighted by molar-refractivity contribution is 5.95. The molecule has 0 saturated carbocycles. The summed E-state index contributed by atoms with van der Waals surface area (Å²) in [5.41, 5.74) is 2.02. The lowest BCUT2D eigenvalue weighted by Crippen LogP contribution is -2.30. The van der Waals surface area contributed by atoms with Crippen molar-refractivity contribution in [2.45, 2.75) is 20.3 Å². The molecular formula is C16H24N2O. The van der Waals surface area contributed by atoms with Gasteiger partial charge >= 0.3 is 0 Å². The van der Waals surface area contributed by atoms with Gasteiger partial charge in [-0.25, -0.2) is 0 Å². The smallest absolute Gasteiger partial charge is 0.254 e. The van der Waals surface area contributed by atoms with Crippen LogP contribution in [-0.4, -0.2) is 37.5 Å². The van der Waals surface area contributed by atoms with Crippen LogP contribution in [0, 0.1) is 11.8 Å². The maximum Gasteiger partial charge on any atom is 0.254 e. The van der Waals surface area contributed by atoms with Crippen molar-refractivity contribution in [1.29, 1.82) is 0 Å². The largest absolute Gasteiger partial charge is 0.338 e. The minimum Gasteiger partial charge on any atom is -0.338 e. The molecule has 0 radical (unpaired) electrons. The number of nitrogens with one attached hydrogen (secondary N) is 1. The molecule has 0 bridgehead atoms. The topological polar surface area (TPSA) is 32.3 Å². The van der Waals surface area contributed by atoms with E-state index in [1.165, 1.54) is 0 Å². The second-order valence-corrected chi connectivity index (χ2v) is 5.68. The van der Waals surface area contributed by atoms with Crippen molar-refractivity contribution in [2.75, 3.05) is 26.7 Å². The number of likely N-dealkylation sites (tertiary alicyclic amines) is 1. The first-order valence-corrected chi connectivity index (χ1v) is 7.15. The van der Waals surface area contributed by atoms with E-state index in [0.29, 0.717) is 11.8 Å². The Bertz CT molecular complexity index is 434. The number of nitrogens with zero attached hydrogens (tertiary/aromatic N) is 1. The van der Waals surface area contributed by atoms with Crippen LogP contribution in [0.25, 0.3) is 0 Å². The molecule has 2 rings (SSSR count). The van der Waals surface area contributed by atoms with Crippen LogP contribution in [0.15, 0.2) is 24.3 Å². The van der Waals surface area contributed by atoms with E-state index in [4.69, 9.17) is 0 Å². The Morgan fingerprint density at radius 2 is 1.89 bits per heavy atom. The molecule has 1 aromatic carbocycles. The Balaban J connectivity index is 2.15. The maximum absolute atomic E-state index is 12.6. The fraction of sp³-hybridized carbons (Fsp3) is 0.562. The van der Waals surface area contributed by atoms with Gasteiger partial charge in [0, 0.05) is 18.7 Å². The van der Waals surface area contributed by atoms with Crippen LogP contribution in [0.4, 0.5) is 0 Å². The van der Waals surface area contributed by atoms with Crippen LogP contribution in [0.2, 0.25) is 0 Å². The summed E-state index contributed by atoms with van der Waals surface area (Å²) >= 11 is 0. The molecule has 1 heterocycles. The predicted molar refractivity (Wildman–Crippen MR) is 78.3 cm³/mol. The van der Waals surface area contributed by atoms with Gasteiger partial charge in [0.05, 0.1) is 0 Å². The summed E-state index contributed by atoms with van der Waals surface area (Å²) < 4.78 is 0. The number of carbonyl (C=O) groups excluding carboxylic acids is 1. The number of rotatable bonds is 4. The van der Waals surface area contributed by atoms with Gasteiger partial charge in [0.15, 0.2) is 0 Å². The van der Waals surface area contributed by atoms with Gasteiger partial charge < -0.3 is 10.2 Å². The Hall–Kier alpha value is -1.35. The van der Waals surface area contributed by atoms with Crippen LogP contribution in [0.1, 0.15) is 29.8 Å². The Labute approximate surface area is 116 Å². The van der Waals surface area contributed by atoms with E-state index in [-0.39, 0.29) is 5.91 Å². The van der Waals surface area contributed by atoms with E-state index in [2.05, 4.69) is 25.2 Å². The molecule has 1 saturated heterocycles. The Morgan fingerprint density at radius 3 is 2.53 bits per heavy atom. The molecule has 1 aliphatic heterocycles. The first-order chi connectivity index (χ1) is 9.13. The number of hydrogen-bond donors (Lipinski definition) is 1. The maximum atomic E-state index is 12.6. The molecule has 1 aromatic rings. The molecule has 3 nitrogen and oxygen atoms in total. The van der Waals surface area contributed by atoms with Gasteiger partial charge in [-0.1, -0.05) is 32.0 Å². The molecule has 2 atom stereocenters. The highest BCUT2D eigenvalue weighted by atomic mass is 16.2. The van der Waals surface area contributed by atoms with Crippen LogP contribution in [0.3, 0.4) is 0 Å². The summed E-state index contributed by atoms with van der Waals surface area (Å²) in [6.45, 7) is 7.13. The first kappa shape index (κ1) is 14.1. The molecule has 104 valence electrons. The molecule has 3 heteroatoms. The van der Waals surface area contributed by atoms with E-state index in [0.717, 1.165) is 37.2 Å². The number of benzene rings is 1. The third kappa shape index (κ3) is 3.16. The van der Waals surface area contributed by atoms with Gasteiger partial charge in [-0.05, 0) is 43.5 Å². The monoisotopic (exact) mass is 260 g/mol. The van der Waals surface area contributed by atoms with Crippen molar-refractivity contribution in [3.8, 4) is 0 Å². The molecule has 0 spiro atoms. The van der Waals surface area contributed by atoms with Crippen molar-refractivity contribution in [2.24, 2.45) is 11.8 Å². The number of carbonyl (C=O) groups is 1. The molecular weight excluding hydrogens is 236 g/mol. The van der Waals surface area contributed by atoms with E-state index in [1.54, 1.807) is 0 Å². The molecule has 19 heavy (non-hydrogen) atoms. The van der Waals surface area contributed by atoms with Gasteiger partial charge in [-0.2, -0.15) is 0 Å². The zero-order valence-electron chi connectivity index (χ0n) is 12.1. The standard InChI is InChI=1S/C16H24N2O/c1-12-10-18(11-13(12)2)16(19)15-7-5-4-6-14(15)8-9-17-3/h4-7,12-13,17H,8-11H2,1-3H3. The first-order valence-electron chi connectivity index (χ1n) is 7.15. The highest BCUT2D eigenvalue weighted by Gasteiger charge is 2.30. The average Bonchev–Trinajstić information content (AvgIpc) is 2.76. The van der Waals surface area contributed by atoms with Gasteiger partial charge in [-0.15, -0.1) is 0 Å². The van der Waals surface area contributed by atoms with Crippen molar-refractivity contribution < 1.29 is 4.79 Å². The summed E-state index contributed by atoms with van der Waals surface area (Å²) in [4.78, 5) is 14.6. The van der Waals surface area contributed by atoms with Gasteiger partial charge in [0.2, 0.25) is 0 Å². The zero-order valence-corrected chi connectivity index (χ0v) is 12.1. The number of likely N-dealkylation sites (N-methyl/N-ethyl adjacent to an activating group) is 1. The molecule has 1 aliphatic rings. The number of amides is 1. The second-order valence-electron chi connectivity index (χ2n) is 5.68. The SMILES string of the molecule is CNCCc1ccccc1C(=O)N1CC(C)C(C)C1. The third-order valence-electron chi connectivity index (χ3n) is 4.17. The summed E-state index contributed by atoms with van der Waals surface area (Å²) in [5.74, 6) is 1.41. The van der Waals surface area contributed by atoms with E-state index in [9.17, 15) is 4.79 Å². The molecule has 1 fully saturated rings. The Morgan fingerprint density at radius 1 is 1.26 bits per heavy atom. The van der Waals surface area contributed by atoms with Crippen LogP contribution in [0.5, 0.6) is 0 Å². The summed E-state index contributed by atoms with van der Waals surface area (Å²) in [7, 11) is 1.94. The quantitative estimate of drug-likeness (QED) is 0.900. The zero-order chi connectivity index (χ0) is 13.8. The fourth-order valence-electron chi connectivity index (χ4n) is 2.67. The summed E-state index contributed by atoms with van der Waals surface area (Å²) in [6, 6.07) is 7.99. The van der Waals surface area contributed by atoms with E-state index < -0.39 is 0 Å². The van der Waals surface area contributed by atoms with Crippen molar-refractivity contribution >= 4 is 5.91 Å². The molecule has 1 N–H and O–H groups in total. The molecule has 0 aliphatic carbocycles. The third-order valence-corrected chi connectivity index (χ3v) is 4.17. The average molecular weight is 260 g/mol. The predicted octanol–water partition coefficient (Wildman–Crippen LogP) is 2.18. The molecule has 0 aromatic heterocycles. The second kappa shape index (κ2) is 6.20. The normalized spacial score (nSPS) is 22.8. The van der Waals surface area contributed by atoms with Gasteiger partial charge in [-0.3, -0.25) is 4.79 Å². The van der Waals surface area contributed by atoms with Crippen LogP contribution in [-0.2, 0) is 6.42 Å². The minimum atomic E-state index is 0.197. The van der Waals surface area contributed by atoms with Crippen LogP contribution < -0.4 is 5.32 Å². The van der Waals surface area contributed by atoms with Crippen LogP contribution >= 0.6 is 0 Å². The lowest BCUT2D eigenvalue weighted by molar-refractivity contribution is 0.0784. The van der Waals surface area contributed by atoms with Crippen molar-refractivity contribution in [3.05, 3.63) is 35.4 Å². The number of hydrogen-bond acceptors (Lipinski definition) is 2. The lowest BCUT2D eigenvalue weighted by Gasteiger charge is -2.18. The molecule has 2 unspecified atom stereocenters. The van der Waals surface area contributed by atoms with Crippen molar-refractivity contribution in [1.82, 2.24) is 10.2 Å². The fourth-order valence-corrected chi connectivity index (χ4v) is 2.67. The Kier molecular flexibility index (Phi) is 4.59. The van der Waals surface area contributed by atoms with E-state index in [1.807, 2.05) is 30.1 Å². The molecule has 1 amide bonds. The van der Waals surface area contributed by atoms with E-state index >= 15 is 0 Å². The lowest BCUT2D eigenvalue weighted by atomic mass is 10.0. The van der Waals surface area contributed by atoms with Gasteiger partial charge in [0.25, 0.3) is 5.91 Å². The van der Waals surface area contributed by atoms with Crippen molar-refractivity contribution in [3.63, 3.8) is 0 Å². The summed E-state index contributed by atoms with van der Waals surface area (Å²) in [6.07, 6.45) is 0.900. The summed E-state index contributed by atoms with van der Waals surface area (Å²) in [5, 5.41) is 3.14.